The van der Waals surface area contributed by atoms with E-state index in [1.54, 1.807) is 0 Å². The molecule has 0 atom stereocenters. The normalized spacial score (nSPS) is 10.3. The predicted molar refractivity (Wildman–Crippen MR) is 82.3 cm³/mol. The van der Waals surface area contributed by atoms with E-state index in [0.29, 0.717) is 25.3 Å². The minimum atomic E-state index is -0.0378. The second kappa shape index (κ2) is 8.93. The van der Waals surface area contributed by atoms with Crippen LogP contribution in [0.15, 0.2) is 24.3 Å². The molecule has 0 aromatic heterocycles. The van der Waals surface area contributed by atoms with Crippen LogP contribution in [0.1, 0.15) is 16.8 Å². The number of hydrogen-bond acceptors (Lipinski definition) is 3. The Bertz CT molecular complexity index is 397. The number of hydrogen-bond donors (Lipinski definition) is 1. The molecule has 0 aliphatic heterocycles. The Morgan fingerprint density at radius 1 is 1.37 bits per heavy atom. The molecule has 0 saturated carbocycles. The Balaban J connectivity index is 2.35. The fourth-order valence-corrected chi connectivity index (χ4v) is 1.79. The number of carbonyl (C=O) groups is 1. The van der Waals surface area contributed by atoms with Crippen LogP contribution in [0.3, 0.4) is 0 Å². The van der Waals surface area contributed by atoms with Gasteiger partial charge in [-0.2, -0.15) is 0 Å². The molecule has 0 spiro atoms. The molecule has 106 valence electrons. The molecule has 1 aromatic carbocycles. The van der Waals surface area contributed by atoms with Crippen LogP contribution in [-0.4, -0.2) is 45.1 Å². The fourth-order valence-electron chi connectivity index (χ4n) is 1.56. The highest BCUT2D eigenvalue weighted by atomic mass is 79.9. The molecule has 0 unspecified atom stereocenters. The second-order valence-corrected chi connectivity index (χ2v) is 5.15. The van der Waals surface area contributed by atoms with Crippen LogP contribution in [-0.2, 0) is 4.74 Å². The molecular formula is C14H21BrN2O2. The summed E-state index contributed by atoms with van der Waals surface area (Å²) in [5.41, 5.74) is 1.71. The standard InChI is InChI=1S/C14H21BrN2O2/c1-17(2)13-6-3-5-12(11-13)14(18)16-8-4-9-19-10-7-15/h3,5-6,11H,4,7-10H2,1-2H3,(H,16,18). The highest BCUT2D eigenvalue weighted by Crippen LogP contribution is 2.13. The molecule has 0 saturated heterocycles. The smallest absolute Gasteiger partial charge is 0.251 e. The Morgan fingerprint density at radius 3 is 2.84 bits per heavy atom. The van der Waals surface area contributed by atoms with Gasteiger partial charge in [0.1, 0.15) is 0 Å². The van der Waals surface area contributed by atoms with Gasteiger partial charge in [-0.05, 0) is 24.6 Å². The summed E-state index contributed by atoms with van der Waals surface area (Å²) in [4.78, 5) is 13.9. The first kappa shape index (κ1) is 16.0. The summed E-state index contributed by atoms with van der Waals surface area (Å²) in [6, 6.07) is 7.58. The van der Waals surface area contributed by atoms with Crippen molar-refractivity contribution in [2.45, 2.75) is 6.42 Å². The van der Waals surface area contributed by atoms with Crippen LogP contribution in [0, 0.1) is 0 Å². The van der Waals surface area contributed by atoms with Crippen molar-refractivity contribution in [3.05, 3.63) is 29.8 Å². The largest absolute Gasteiger partial charge is 0.381 e. The molecule has 0 fully saturated rings. The summed E-state index contributed by atoms with van der Waals surface area (Å²) < 4.78 is 5.32. The number of rotatable bonds is 8. The quantitative estimate of drug-likeness (QED) is 0.588. The topological polar surface area (TPSA) is 41.6 Å². The molecule has 0 bridgehead atoms. The first-order valence-corrected chi connectivity index (χ1v) is 7.46. The van der Waals surface area contributed by atoms with Crippen LogP contribution >= 0.6 is 15.9 Å². The Morgan fingerprint density at radius 2 is 2.16 bits per heavy atom. The van der Waals surface area contributed by atoms with Gasteiger partial charge in [0.05, 0.1) is 6.61 Å². The third-order valence-electron chi connectivity index (χ3n) is 2.60. The summed E-state index contributed by atoms with van der Waals surface area (Å²) >= 11 is 3.29. The third kappa shape index (κ3) is 6.07. The molecule has 0 radical (unpaired) electrons. The van der Waals surface area contributed by atoms with E-state index in [0.717, 1.165) is 17.4 Å². The number of alkyl halides is 1. The van der Waals surface area contributed by atoms with E-state index in [2.05, 4.69) is 21.2 Å². The molecule has 0 aliphatic carbocycles. The van der Waals surface area contributed by atoms with Crippen LogP contribution in [0.5, 0.6) is 0 Å². The second-order valence-electron chi connectivity index (χ2n) is 4.36. The summed E-state index contributed by atoms with van der Waals surface area (Å²) in [5, 5.41) is 3.74. The summed E-state index contributed by atoms with van der Waals surface area (Å²) in [6.07, 6.45) is 0.826. The first-order valence-electron chi connectivity index (χ1n) is 6.34. The van der Waals surface area contributed by atoms with E-state index in [-0.39, 0.29) is 5.91 Å². The lowest BCUT2D eigenvalue weighted by Crippen LogP contribution is -2.25. The number of anilines is 1. The predicted octanol–water partition coefficient (Wildman–Crippen LogP) is 2.28. The van der Waals surface area contributed by atoms with Crippen LogP contribution in [0.2, 0.25) is 0 Å². The number of benzene rings is 1. The van der Waals surface area contributed by atoms with Gasteiger partial charge in [-0.3, -0.25) is 4.79 Å². The van der Waals surface area contributed by atoms with Crippen molar-refractivity contribution in [3.8, 4) is 0 Å². The zero-order valence-corrected chi connectivity index (χ0v) is 13.1. The van der Waals surface area contributed by atoms with Crippen molar-refractivity contribution in [2.75, 3.05) is 44.1 Å². The molecular weight excluding hydrogens is 308 g/mol. The zero-order valence-electron chi connectivity index (χ0n) is 11.5. The highest BCUT2D eigenvalue weighted by Gasteiger charge is 2.06. The molecule has 5 heteroatoms. The van der Waals surface area contributed by atoms with Crippen LogP contribution in [0.4, 0.5) is 5.69 Å². The van der Waals surface area contributed by atoms with Gasteiger partial charge >= 0.3 is 0 Å². The highest BCUT2D eigenvalue weighted by molar-refractivity contribution is 9.09. The molecule has 1 N–H and O–H groups in total. The van der Waals surface area contributed by atoms with Crippen molar-refractivity contribution < 1.29 is 9.53 Å². The summed E-state index contributed by atoms with van der Waals surface area (Å²) in [5.74, 6) is -0.0378. The lowest BCUT2D eigenvalue weighted by atomic mass is 10.2. The van der Waals surface area contributed by atoms with Gasteiger partial charge in [0.15, 0.2) is 0 Å². The minimum Gasteiger partial charge on any atom is -0.381 e. The number of nitrogens with zero attached hydrogens (tertiary/aromatic N) is 1. The van der Waals surface area contributed by atoms with E-state index in [1.807, 2.05) is 43.3 Å². The summed E-state index contributed by atoms with van der Waals surface area (Å²) in [6.45, 7) is 2.01. The van der Waals surface area contributed by atoms with E-state index < -0.39 is 0 Å². The van der Waals surface area contributed by atoms with E-state index in [4.69, 9.17) is 4.74 Å². The third-order valence-corrected chi connectivity index (χ3v) is 2.92. The van der Waals surface area contributed by atoms with Crippen LogP contribution in [0.25, 0.3) is 0 Å². The zero-order chi connectivity index (χ0) is 14.1. The van der Waals surface area contributed by atoms with Gasteiger partial charge < -0.3 is 15.0 Å². The van der Waals surface area contributed by atoms with Crippen molar-refractivity contribution >= 4 is 27.5 Å². The Hall–Kier alpha value is -1.07. The maximum absolute atomic E-state index is 11.9. The fraction of sp³-hybridized carbons (Fsp3) is 0.500. The molecule has 19 heavy (non-hydrogen) atoms. The molecule has 0 heterocycles. The van der Waals surface area contributed by atoms with E-state index >= 15 is 0 Å². The van der Waals surface area contributed by atoms with Crippen molar-refractivity contribution in [1.82, 2.24) is 5.32 Å². The number of nitrogens with one attached hydrogen (secondary N) is 1. The van der Waals surface area contributed by atoms with Crippen molar-refractivity contribution in [1.29, 1.82) is 0 Å². The average molecular weight is 329 g/mol. The SMILES string of the molecule is CN(C)c1cccc(C(=O)NCCCOCCBr)c1. The van der Waals surface area contributed by atoms with Gasteiger partial charge in [-0.25, -0.2) is 0 Å². The lowest BCUT2D eigenvalue weighted by Gasteiger charge is -2.13. The lowest BCUT2D eigenvalue weighted by molar-refractivity contribution is 0.0944. The summed E-state index contributed by atoms with van der Waals surface area (Å²) in [7, 11) is 3.91. The molecule has 1 amide bonds. The van der Waals surface area contributed by atoms with Gasteiger partial charge in [-0.15, -0.1) is 0 Å². The van der Waals surface area contributed by atoms with E-state index in [1.165, 1.54) is 0 Å². The van der Waals surface area contributed by atoms with Crippen LogP contribution < -0.4 is 10.2 Å². The maximum Gasteiger partial charge on any atom is 0.251 e. The number of carbonyl (C=O) groups excluding carboxylic acids is 1. The van der Waals surface area contributed by atoms with Gasteiger partial charge in [0.2, 0.25) is 0 Å². The van der Waals surface area contributed by atoms with Crippen molar-refractivity contribution in [2.24, 2.45) is 0 Å². The average Bonchev–Trinajstić information content (AvgIpc) is 2.42. The molecule has 1 aromatic rings. The molecule has 0 aliphatic rings. The first-order chi connectivity index (χ1) is 9.15. The van der Waals surface area contributed by atoms with Gasteiger partial charge in [-0.1, -0.05) is 22.0 Å². The Labute approximate surface area is 123 Å². The van der Waals surface area contributed by atoms with Gasteiger partial charge in [0, 0.05) is 43.8 Å². The maximum atomic E-state index is 11.9. The molecule has 4 nitrogen and oxygen atoms in total. The minimum absolute atomic E-state index is 0.0378. The number of halogens is 1. The van der Waals surface area contributed by atoms with Gasteiger partial charge in [0.25, 0.3) is 5.91 Å². The Kier molecular flexibility index (Phi) is 7.52. The number of ether oxygens (including phenoxy) is 1. The monoisotopic (exact) mass is 328 g/mol. The van der Waals surface area contributed by atoms with E-state index in [9.17, 15) is 4.79 Å². The van der Waals surface area contributed by atoms with Crippen molar-refractivity contribution in [3.63, 3.8) is 0 Å². The number of amides is 1. The molecule has 1 rings (SSSR count).